The van der Waals surface area contributed by atoms with Crippen LogP contribution in [0.15, 0.2) is 52.8 Å². The number of aliphatic carboxylic acids is 1. The predicted octanol–water partition coefficient (Wildman–Crippen LogP) is 1.37. The van der Waals surface area contributed by atoms with Crippen LogP contribution >= 0.6 is 0 Å². The molecule has 2 heterocycles. The lowest BCUT2D eigenvalue weighted by atomic mass is 9.77. The number of carbonyl (C=O) groups excluding carboxylic acids is 1. The number of nitrogens with one attached hydrogen (secondary N) is 3. The van der Waals surface area contributed by atoms with Crippen LogP contribution in [0.1, 0.15) is 32.1 Å². The maximum atomic E-state index is 12.6. The number of sulfonamides is 1. The normalized spacial score (nSPS) is 22.7. The minimum Gasteiger partial charge on any atom is -0.480 e. The molecule has 1 aromatic carbocycles. The van der Waals surface area contributed by atoms with Gasteiger partial charge in [0.1, 0.15) is 11.6 Å². The van der Waals surface area contributed by atoms with Crippen LogP contribution in [-0.2, 0) is 24.4 Å². The van der Waals surface area contributed by atoms with E-state index in [-0.39, 0.29) is 10.7 Å². The SMILES string of the molecule is O=CN(C[C@H](NS(=O)(=O)c1ccccc1)C(=O)O)C1=NOC2(CCC(CNc3ncc[nH]3)CC2)C1. The number of carbonyl (C=O) groups is 2. The summed E-state index contributed by atoms with van der Waals surface area (Å²) >= 11 is 0. The van der Waals surface area contributed by atoms with Crippen LogP contribution in [-0.4, -0.2) is 71.3 Å². The Hall–Kier alpha value is -3.45. The zero-order valence-electron chi connectivity index (χ0n) is 19.0. The van der Waals surface area contributed by atoms with Gasteiger partial charge >= 0.3 is 5.97 Å². The molecule has 12 nitrogen and oxygen atoms in total. The number of H-pyrrole nitrogens is 1. The van der Waals surface area contributed by atoms with Crippen molar-refractivity contribution in [2.24, 2.45) is 11.1 Å². The fourth-order valence-corrected chi connectivity index (χ4v) is 5.56. The molecule has 4 N–H and O–H groups in total. The third kappa shape index (κ3) is 5.98. The maximum absolute atomic E-state index is 12.6. The van der Waals surface area contributed by atoms with Crippen LogP contribution < -0.4 is 10.0 Å². The summed E-state index contributed by atoms with van der Waals surface area (Å²) in [6, 6.07) is 5.88. The number of anilines is 1. The summed E-state index contributed by atoms with van der Waals surface area (Å²) in [6.45, 7) is 0.360. The van der Waals surface area contributed by atoms with E-state index in [1.165, 1.54) is 24.3 Å². The number of carboxylic acid groups (broad SMARTS) is 1. The molecule has 0 radical (unpaired) electrons. The zero-order chi connectivity index (χ0) is 24.9. The molecule has 4 rings (SSSR count). The van der Waals surface area contributed by atoms with Gasteiger partial charge in [-0.2, -0.15) is 4.72 Å². The molecule has 2 aliphatic rings. The summed E-state index contributed by atoms with van der Waals surface area (Å²) in [5.41, 5.74) is -0.542. The van der Waals surface area contributed by atoms with E-state index in [9.17, 15) is 23.1 Å². The van der Waals surface area contributed by atoms with Gasteiger partial charge in [-0.15, -0.1) is 0 Å². The lowest BCUT2D eigenvalue weighted by Crippen LogP contribution is -2.50. The number of aromatic nitrogens is 2. The van der Waals surface area contributed by atoms with Gasteiger partial charge in [0.05, 0.1) is 17.9 Å². The molecule has 1 spiro atoms. The zero-order valence-corrected chi connectivity index (χ0v) is 19.8. The number of hydrogen-bond acceptors (Lipinski definition) is 8. The first-order valence-electron chi connectivity index (χ1n) is 11.3. The smallest absolute Gasteiger partial charge is 0.323 e. The molecule has 0 bridgehead atoms. The van der Waals surface area contributed by atoms with Crippen molar-refractivity contribution in [1.82, 2.24) is 19.6 Å². The van der Waals surface area contributed by atoms with Crippen molar-refractivity contribution in [3.05, 3.63) is 42.7 Å². The van der Waals surface area contributed by atoms with Crippen molar-refractivity contribution < 1.29 is 28.0 Å². The molecule has 1 saturated carbocycles. The Morgan fingerprint density at radius 1 is 1.31 bits per heavy atom. The maximum Gasteiger partial charge on any atom is 0.323 e. The van der Waals surface area contributed by atoms with Gasteiger partial charge < -0.3 is 20.2 Å². The van der Waals surface area contributed by atoms with Crippen LogP contribution in [0.25, 0.3) is 0 Å². The molecule has 35 heavy (non-hydrogen) atoms. The minimum atomic E-state index is -4.09. The number of nitrogens with zero attached hydrogens (tertiary/aromatic N) is 3. The molecule has 188 valence electrons. The molecule has 2 aromatic rings. The molecule has 0 unspecified atom stereocenters. The van der Waals surface area contributed by atoms with E-state index in [4.69, 9.17) is 4.84 Å². The Morgan fingerprint density at radius 3 is 2.69 bits per heavy atom. The van der Waals surface area contributed by atoms with Crippen molar-refractivity contribution in [3.8, 4) is 0 Å². The highest BCUT2D eigenvalue weighted by Gasteiger charge is 2.44. The second-order valence-electron chi connectivity index (χ2n) is 8.80. The van der Waals surface area contributed by atoms with Crippen LogP contribution in [0, 0.1) is 5.92 Å². The monoisotopic (exact) mass is 504 g/mol. The van der Waals surface area contributed by atoms with Gasteiger partial charge in [0.15, 0.2) is 11.8 Å². The average Bonchev–Trinajstić information content (AvgIpc) is 3.52. The molecule has 1 aromatic heterocycles. The number of carboxylic acids is 1. The number of oxime groups is 1. The second kappa shape index (κ2) is 10.4. The van der Waals surface area contributed by atoms with Crippen LogP contribution in [0.3, 0.4) is 0 Å². The molecular formula is C22H28N6O6S. The van der Waals surface area contributed by atoms with E-state index in [1.54, 1.807) is 18.5 Å². The average molecular weight is 505 g/mol. The summed E-state index contributed by atoms with van der Waals surface area (Å²) in [6.07, 6.45) is 7.50. The van der Waals surface area contributed by atoms with E-state index in [2.05, 4.69) is 25.2 Å². The number of aromatic amines is 1. The fraction of sp³-hybridized carbons (Fsp3) is 0.455. The van der Waals surface area contributed by atoms with Crippen molar-refractivity contribution in [3.63, 3.8) is 0 Å². The van der Waals surface area contributed by atoms with Crippen molar-refractivity contribution in [1.29, 1.82) is 0 Å². The number of rotatable bonds is 10. The molecular weight excluding hydrogens is 476 g/mol. The van der Waals surface area contributed by atoms with Gasteiger partial charge in [0, 0.05) is 18.9 Å². The van der Waals surface area contributed by atoms with E-state index in [0.717, 1.165) is 43.1 Å². The second-order valence-corrected chi connectivity index (χ2v) is 10.5. The van der Waals surface area contributed by atoms with Crippen LogP contribution in [0.4, 0.5) is 5.95 Å². The molecule has 0 saturated heterocycles. The Bertz CT molecular complexity index is 1150. The lowest BCUT2D eigenvalue weighted by Gasteiger charge is -2.35. The first-order chi connectivity index (χ1) is 16.8. The van der Waals surface area contributed by atoms with Gasteiger partial charge in [0.2, 0.25) is 16.4 Å². The summed E-state index contributed by atoms with van der Waals surface area (Å²) in [7, 11) is -4.09. The van der Waals surface area contributed by atoms with Crippen LogP contribution in [0.2, 0.25) is 0 Å². The van der Waals surface area contributed by atoms with E-state index >= 15 is 0 Å². The first-order valence-corrected chi connectivity index (χ1v) is 12.8. The van der Waals surface area contributed by atoms with Crippen molar-refractivity contribution in [2.75, 3.05) is 18.4 Å². The molecule has 1 amide bonds. The van der Waals surface area contributed by atoms with E-state index in [1.807, 2.05) is 0 Å². The Balaban J connectivity index is 1.33. The topological polar surface area (TPSA) is 166 Å². The molecule has 1 aliphatic heterocycles. The standard InChI is InChI=1S/C22H28N6O6S/c29-15-28(14-18(20(30)31)27-35(32,33)17-4-2-1-3-5-17)19-12-22(34-26-19)8-6-16(7-9-22)13-25-21-23-10-11-24-21/h1-5,10-11,15-16,18,27H,6-9,12-14H2,(H,30,31)(H2,23,24,25)/t16?,18-,22?/m0/s1. The number of benzene rings is 1. The summed E-state index contributed by atoms with van der Waals surface area (Å²) in [5, 5.41) is 17.0. The number of amidine groups is 1. The highest BCUT2D eigenvalue weighted by atomic mass is 32.2. The highest BCUT2D eigenvalue weighted by molar-refractivity contribution is 7.89. The predicted molar refractivity (Wildman–Crippen MR) is 126 cm³/mol. The summed E-state index contributed by atoms with van der Waals surface area (Å²) < 4.78 is 27.3. The third-order valence-corrected chi connectivity index (χ3v) is 7.87. The fourth-order valence-electron chi connectivity index (χ4n) is 4.36. The highest BCUT2D eigenvalue weighted by Crippen LogP contribution is 2.41. The van der Waals surface area contributed by atoms with Crippen molar-refractivity contribution in [2.45, 2.75) is 48.6 Å². The number of hydrogen-bond donors (Lipinski definition) is 4. The van der Waals surface area contributed by atoms with Crippen LogP contribution in [0.5, 0.6) is 0 Å². The van der Waals surface area contributed by atoms with E-state index < -0.39 is 34.2 Å². The summed E-state index contributed by atoms with van der Waals surface area (Å²) in [5.74, 6) is 0.0438. The van der Waals surface area contributed by atoms with E-state index in [0.29, 0.717) is 18.7 Å². The molecule has 13 heteroatoms. The first kappa shape index (κ1) is 24.7. The molecule has 1 fully saturated rings. The molecule has 1 atom stereocenters. The third-order valence-electron chi connectivity index (χ3n) is 6.38. The number of amides is 1. The lowest BCUT2D eigenvalue weighted by molar-refractivity contribution is -0.139. The van der Waals surface area contributed by atoms with Gasteiger partial charge in [-0.25, -0.2) is 13.4 Å². The quantitative estimate of drug-likeness (QED) is 0.352. The largest absolute Gasteiger partial charge is 0.480 e. The summed E-state index contributed by atoms with van der Waals surface area (Å²) in [4.78, 5) is 37.6. The minimum absolute atomic E-state index is 0.0670. The van der Waals surface area contributed by atoms with Gasteiger partial charge in [-0.3, -0.25) is 14.5 Å². The number of imidazole rings is 1. The molecule has 1 aliphatic carbocycles. The van der Waals surface area contributed by atoms with Gasteiger partial charge in [-0.05, 0) is 43.7 Å². The van der Waals surface area contributed by atoms with Gasteiger partial charge in [0.25, 0.3) is 0 Å². The Kier molecular flexibility index (Phi) is 7.36. The Labute approximate surface area is 202 Å². The Morgan fingerprint density at radius 2 is 2.06 bits per heavy atom. The van der Waals surface area contributed by atoms with Gasteiger partial charge in [-0.1, -0.05) is 23.4 Å². The van der Waals surface area contributed by atoms with Crippen molar-refractivity contribution >= 4 is 34.2 Å².